The van der Waals surface area contributed by atoms with Crippen LogP contribution in [0.4, 0.5) is 0 Å². The molecule has 1 saturated carbocycles. The molecule has 1 amide bonds. The molecule has 1 rings (SSSR count). The van der Waals surface area contributed by atoms with E-state index in [4.69, 9.17) is 11.0 Å². The summed E-state index contributed by atoms with van der Waals surface area (Å²) in [5.41, 5.74) is 5.11. The molecule has 0 aromatic carbocycles. The second-order valence-corrected chi connectivity index (χ2v) is 3.72. The molecule has 1 aliphatic carbocycles. The van der Waals surface area contributed by atoms with Gasteiger partial charge in [0.15, 0.2) is 0 Å². The van der Waals surface area contributed by atoms with Gasteiger partial charge in [-0.15, -0.1) is 0 Å². The molecule has 1 aliphatic rings. The number of carbonyl (C=O) groups excluding carboxylic acids is 1. The van der Waals surface area contributed by atoms with Crippen LogP contribution in [0.3, 0.4) is 0 Å². The van der Waals surface area contributed by atoms with Crippen LogP contribution in [0.25, 0.3) is 0 Å². The zero-order valence-electron chi connectivity index (χ0n) is 7.84. The Kier molecular flexibility index (Phi) is 2.89. The second kappa shape index (κ2) is 3.75. The van der Waals surface area contributed by atoms with Gasteiger partial charge in [-0.2, -0.15) is 5.26 Å². The van der Waals surface area contributed by atoms with E-state index in [-0.39, 0.29) is 5.91 Å². The lowest BCUT2D eigenvalue weighted by Gasteiger charge is -2.22. The van der Waals surface area contributed by atoms with Gasteiger partial charge in [0.25, 0.3) is 0 Å². The van der Waals surface area contributed by atoms with Crippen molar-refractivity contribution in [3.05, 3.63) is 0 Å². The van der Waals surface area contributed by atoms with Crippen molar-refractivity contribution < 1.29 is 4.79 Å². The zero-order valence-corrected chi connectivity index (χ0v) is 7.84. The fourth-order valence-corrected chi connectivity index (χ4v) is 1.29. The molecular formula is C9H15N3O. The van der Waals surface area contributed by atoms with Crippen molar-refractivity contribution in [3.8, 4) is 6.07 Å². The summed E-state index contributed by atoms with van der Waals surface area (Å²) in [5, 5.41) is 10.9. The van der Waals surface area contributed by atoms with Crippen LogP contribution in [-0.4, -0.2) is 18.0 Å². The Morgan fingerprint density at radius 1 is 1.77 bits per heavy atom. The molecular weight excluding hydrogens is 166 g/mol. The first-order valence-electron chi connectivity index (χ1n) is 4.53. The smallest absolute Gasteiger partial charge is 0.240 e. The summed E-state index contributed by atoms with van der Waals surface area (Å²) >= 11 is 0. The minimum Gasteiger partial charge on any atom is -0.353 e. The van der Waals surface area contributed by atoms with Gasteiger partial charge in [0.2, 0.25) is 5.91 Å². The van der Waals surface area contributed by atoms with Gasteiger partial charge < -0.3 is 11.1 Å². The molecule has 3 N–H and O–H groups in total. The molecule has 0 aromatic rings. The molecule has 0 saturated heterocycles. The molecule has 13 heavy (non-hydrogen) atoms. The molecule has 1 unspecified atom stereocenters. The molecule has 0 bridgehead atoms. The Balaban J connectivity index is 2.33. The number of hydrogen-bond donors (Lipinski definition) is 2. The quantitative estimate of drug-likeness (QED) is 0.606. The predicted octanol–water partition coefficient (Wildman–Crippen LogP) is 0.144. The normalized spacial score (nSPS) is 20.1. The van der Waals surface area contributed by atoms with E-state index in [0.29, 0.717) is 18.9 Å². The molecule has 0 spiro atoms. The lowest BCUT2D eigenvalue weighted by Crippen LogP contribution is -2.53. The molecule has 0 aliphatic heterocycles. The standard InChI is InChI=1S/C9H15N3O/c1-9(11,7-3-4-7)8(13)12-6-2-5-10/h7H,2-4,6,11H2,1H3,(H,12,13). The zero-order chi connectivity index (χ0) is 9.90. The van der Waals surface area contributed by atoms with Gasteiger partial charge in [-0.3, -0.25) is 4.79 Å². The van der Waals surface area contributed by atoms with Crippen molar-refractivity contribution in [2.75, 3.05) is 6.54 Å². The van der Waals surface area contributed by atoms with E-state index >= 15 is 0 Å². The molecule has 4 nitrogen and oxygen atoms in total. The topological polar surface area (TPSA) is 78.9 Å². The van der Waals surface area contributed by atoms with Crippen LogP contribution in [0.5, 0.6) is 0 Å². The number of carbonyl (C=O) groups is 1. The molecule has 72 valence electrons. The first-order valence-corrected chi connectivity index (χ1v) is 4.53. The highest BCUT2D eigenvalue weighted by molar-refractivity contribution is 5.86. The van der Waals surface area contributed by atoms with E-state index in [1.165, 1.54) is 0 Å². The number of nitriles is 1. The van der Waals surface area contributed by atoms with E-state index < -0.39 is 5.54 Å². The number of rotatable bonds is 4. The van der Waals surface area contributed by atoms with E-state index in [1.54, 1.807) is 6.92 Å². The molecule has 0 radical (unpaired) electrons. The van der Waals surface area contributed by atoms with Crippen LogP contribution in [0.15, 0.2) is 0 Å². The van der Waals surface area contributed by atoms with Crippen LogP contribution in [0.1, 0.15) is 26.2 Å². The highest BCUT2D eigenvalue weighted by Gasteiger charge is 2.43. The van der Waals surface area contributed by atoms with Crippen LogP contribution in [0.2, 0.25) is 0 Å². The average Bonchev–Trinajstić information content (AvgIpc) is 2.86. The summed E-state index contributed by atoms with van der Waals surface area (Å²) in [4.78, 5) is 11.5. The monoisotopic (exact) mass is 181 g/mol. The Hall–Kier alpha value is -1.08. The van der Waals surface area contributed by atoms with Gasteiger partial charge in [-0.1, -0.05) is 0 Å². The second-order valence-electron chi connectivity index (χ2n) is 3.72. The van der Waals surface area contributed by atoms with E-state index in [9.17, 15) is 4.79 Å². The van der Waals surface area contributed by atoms with Gasteiger partial charge in [-0.05, 0) is 25.7 Å². The number of nitrogens with one attached hydrogen (secondary N) is 1. The number of nitrogens with zero attached hydrogens (tertiary/aromatic N) is 1. The van der Waals surface area contributed by atoms with Gasteiger partial charge in [0.1, 0.15) is 0 Å². The van der Waals surface area contributed by atoms with Crippen LogP contribution in [0, 0.1) is 17.2 Å². The van der Waals surface area contributed by atoms with Crippen molar-refractivity contribution in [2.45, 2.75) is 31.7 Å². The Bertz CT molecular complexity index is 238. The minimum atomic E-state index is -0.741. The average molecular weight is 181 g/mol. The number of amides is 1. The van der Waals surface area contributed by atoms with Crippen molar-refractivity contribution in [3.63, 3.8) is 0 Å². The van der Waals surface area contributed by atoms with Crippen molar-refractivity contribution in [2.24, 2.45) is 11.7 Å². The first kappa shape index (κ1) is 10.0. The van der Waals surface area contributed by atoms with Crippen molar-refractivity contribution in [1.29, 1.82) is 5.26 Å². The number of nitrogens with two attached hydrogens (primary N) is 1. The highest BCUT2D eigenvalue weighted by atomic mass is 16.2. The lowest BCUT2D eigenvalue weighted by molar-refractivity contribution is -0.126. The maximum Gasteiger partial charge on any atom is 0.240 e. The summed E-state index contributed by atoms with van der Waals surface area (Å²) in [7, 11) is 0. The molecule has 1 fully saturated rings. The van der Waals surface area contributed by atoms with E-state index in [1.807, 2.05) is 6.07 Å². The minimum absolute atomic E-state index is 0.134. The molecule has 0 heterocycles. The first-order chi connectivity index (χ1) is 6.09. The number of hydrogen-bond acceptors (Lipinski definition) is 3. The summed E-state index contributed by atoms with van der Waals surface area (Å²) in [6.07, 6.45) is 2.42. The Labute approximate surface area is 78.1 Å². The molecule has 0 aromatic heterocycles. The van der Waals surface area contributed by atoms with Crippen LogP contribution in [-0.2, 0) is 4.79 Å². The third-order valence-corrected chi connectivity index (χ3v) is 2.44. The van der Waals surface area contributed by atoms with Crippen molar-refractivity contribution in [1.82, 2.24) is 5.32 Å². The van der Waals surface area contributed by atoms with Gasteiger partial charge >= 0.3 is 0 Å². The molecule has 4 heteroatoms. The Morgan fingerprint density at radius 2 is 2.38 bits per heavy atom. The third-order valence-electron chi connectivity index (χ3n) is 2.44. The van der Waals surface area contributed by atoms with Gasteiger partial charge in [-0.25, -0.2) is 0 Å². The SMILES string of the molecule is CC(N)(C(=O)NCCC#N)C1CC1. The fraction of sp³-hybridized carbons (Fsp3) is 0.778. The summed E-state index contributed by atoms with van der Waals surface area (Å²) in [5.74, 6) is 0.194. The Morgan fingerprint density at radius 3 is 2.85 bits per heavy atom. The molecule has 1 atom stereocenters. The van der Waals surface area contributed by atoms with Gasteiger partial charge in [0, 0.05) is 6.54 Å². The third kappa shape index (κ3) is 2.43. The maximum absolute atomic E-state index is 11.5. The van der Waals surface area contributed by atoms with E-state index in [0.717, 1.165) is 12.8 Å². The summed E-state index contributed by atoms with van der Waals surface area (Å²) < 4.78 is 0. The summed E-state index contributed by atoms with van der Waals surface area (Å²) in [6.45, 7) is 2.15. The van der Waals surface area contributed by atoms with Crippen molar-refractivity contribution >= 4 is 5.91 Å². The largest absolute Gasteiger partial charge is 0.353 e. The predicted molar refractivity (Wildman–Crippen MR) is 48.6 cm³/mol. The van der Waals surface area contributed by atoms with Crippen LogP contribution < -0.4 is 11.1 Å². The lowest BCUT2D eigenvalue weighted by atomic mass is 9.96. The highest BCUT2D eigenvalue weighted by Crippen LogP contribution is 2.37. The van der Waals surface area contributed by atoms with Crippen LogP contribution >= 0.6 is 0 Å². The summed E-state index contributed by atoms with van der Waals surface area (Å²) in [6, 6.07) is 1.96. The fourth-order valence-electron chi connectivity index (χ4n) is 1.29. The van der Waals surface area contributed by atoms with Gasteiger partial charge in [0.05, 0.1) is 18.0 Å². The van der Waals surface area contributed by atoms with E-state index in [2.05, 4.69) is 5.32 Å². The maximum atomic E-state index is 11.5.